The fraction of sp³-hybridized carbons (Fsp3) is 0.333. The van der Waals surface area contributed by atoms with Gasteiger partial charge >= 0.3 is 0 Å². The molecule has 102 valence electrons. The van der Waals surface area contributed by atoms with Crippen molar-refractivity contribution >= 4 is 11.4 Å². The molecule has 4 rings (SSSR count). The molecule has 0 spiro atoms. The second-order valence-electron chi connectivity index (χ2n) is 6.10. The monoisotopic (exact) mass is 264 g/mol. The van der Waals surface area contributed by atoms with Crippen molar-refractivity contribution in [3.63, 3.8) is 0 Å². The summed E-state index contributed by atoms with van der Waals surface area (Å²) in [6.45, 7) is 3.25. The van der Waals surface area contributed by atoms with E-state index in [1.807, 2.05) is 0 Å². The number of benzene rings is 2. The molecule has 0 aromatic heterocycles. The van der Waals surface area contributed by atoms with Gasteiger partial charge in [0.05, 0.1) is 0 Å². The van der Waals surface area contributed by atoms with E-state index in [1.54, 1.807) is 0 Å². The van der Waals surface area contributed by atoms with Gasteiger partial charge in [0.25, 0.3) is 0 Å². The number of nitrogens with zero attached hydrogens (tertiary/aromatic N) is 1. The summed E-state index contributed by atoms with van der Waals surface area (Å²) < 4.78 is 0. The molecule has 0 bridgehead atoms. The van der Waals surface area contributed by atoms with Crippen molar-refractivity contribution < 1.29 is 0 Å². The van der Waals surface area contributed by atoms with Crippen LogP contribution in [0.4, 0.5) is 11.4 Å². The largest absolute Gasteiger partial charge is 0.341 e. The molecule has 0 saturated heterocycles. The quantitative estimate of drug-likeness (QED) is 0.842. The molecule has 2 heteroatoms. The Hall–Kier alpha value is -1.80. The maximum atomic E-state index is 6.30. The van der Waals surface area contributed by atoms with E-state index in [1.165, 1.54) is 34.5 Å². The zero-order chi connectivity index (χ0) is 13.7. The van der Waals surface area contributed by atoms with Crippen LogP contribution in [0.5, 0.6) is 0 Å². The van der Waals surface area contributed by atoms with E-state index in [0.29, 0.717) is 5.92 Å². The number of anilines is 2. The number of rotatable bonds is 1. The van der Waals surface area contributed by atoms with Gasteiger partial charge in [0.2, 0.25) is 0 Å². The summed E-state index contributed by atoms with van der Waals surface area (Å²) in [7, 11) is 0. The lowest BCUT2D eigenvalue weighted by Gasteiger charge is -2.34. The molecule has 1 aliphatic heterocycles. The van der Waals surface area contributed by atoms with E-state index in [4.69, 9.17) is 5.73 Å². The minimum Gasteiger partial charge on any atom is -0.341 e. The first-order valence-corrected chi connectivity index (χ1v) is 7.46. The molecule has 2 unspecified atom stereocenters. The van der Waals surface area contributed by atoms with Crippen molar-refractivity contribution in [2.24, 2.45) is 5.73 Å². The standard InChI is InChI=1S/C18H20N2/c1-12-4-2-5-14(10-12)20-9-8-13-11-16(19)15-6-3-7-17(20)18(13)15/h2-7,10,13,16H,8-9,11,19H2,1H3. The van der Waals surface area contributed by atoms with Gasteiger partial charge in [-0.25, -0.2) is 0 Å². The maximum absolute atomic E-state index is 6.30. The van der Waals surface area contributed by atoms with Crippen molar-refractivity contribution in [3.8, 4) is 0 Å². The van der Waals surface area contributed by atoms with Crippen molar-refractivity contribution in [3.05, 3.63) is 59.2 Å². The molecule has 2 atom stereocenters. The fourth-order valence-corrected chi connectivity index (χ4v) is 3.86. The Morgan fingerprint density at radius 3 is 2.85 bits per heavy atom. The van der Waals surface area contributed by atoms with Crippen LogP contribution in [-0.2, 0) is 0 Å². The lowest BCUT2D eigenvalue weighted by molar-refractivity contribution is 0.557. The maximum Gasteiger partial charge on any atom is 0.0449 e. The van der Waals surface area contributed by atoms with Crippen LogP contribution < -0.4 is 10.6 Å². The molecule has 20 heavy (non-hydrogen) atoms. The van der Waals surface area contributed by atoms with E-state index >= 15 is 0 Å². The Morgan fingerprint density at radius 2 is 2.00 bits per heavy atom. The number of aryl methyl sites for hydroxylation is 1. The topological polar surface area (TPSA) is 29.3 Å². The zero-order valence-electron chi connectivity index (χ0n) is 11.8. The fourth-order valence-electron chi connectivity index (χ4n) is 3.86. The summed E-state index contributed by atoms with van der Waals surface area (Å²) in [5.74, 6) is 0.664. The molecule has 0 saturated carbocycles. The Kier molecular flexibility index (Phi) is 2.61. The van der Waals surface area contributed by atoms with Crippen molar-refractivity contribution in [1.82, 2.24) is 0 Å². The van der Waals surface area contributed by atoms with Crippen LogP contribution in [0.2, 0.25) is 0 Å². The average molecular weight is 264 g/mol. The third kappa shape index (κ3) is 1.68. The third-order valence-corrected chi connectivity index (χ3v) is 4.77. The molecule has 1 heterocycles. The summed E-state index contributed by atoms with van der Waals surface area (Å²) >= 11 is 0. The SMILES string of the molecule is Cc1cccc(N2CCC3CC(N)c4cccc2c43)c1. The molecule has 1 aliphatic carbocycles. The average Bonchev–Trinajstić information content (AvgIpc) is 2.78. The third-order valence-electron chi connectivity index (χ3n) is 4.77. The number of hydrogen-bond acceptors (Lipinski definition) is 2. The van der Waals surface area contributed by atoms with Gasteiger partial charge in [-0.1, -0.05) is 24.3 Å². The normalized spacial score (nSPS) is 23.8. The molecule has 2 aliphatic rings. The van der Waals surface area contributed by atoms with Gasteiger partial charge in [0.15, 0.2) is 0 Å². The van der Waals surface area contributed by atoms with Gasteiger partial charge in [-0.15, -0.1) is 0 Å². The Bertz CT molecular complexity index is 662. The Labute approximate surface area is 120 Å². The molecule has 2 aromatic carbocycles. The van der Waals surface area contributed by atoms with Crippen LogP contribution >= 0.6 is 0 Å². The van der Waals surface area contributed by atoms with E-state index < -0.39 is 0 Å². The summed E-state index contributed by atoms with van der Waals surface area (Å²) in [6.07, 6.45) is 2.33. The Morgan fingerprint density at radius 1 is 1.15 bits per heavy atom. The first-order valence-electron chi connectivity index (χ1n) is 7.46. The van der Waals surface area contributed by atoms with Crippen LogP contribution in [0.25, 0.3) is 0 Å². The van der Waals surface area contributed by atoms with Crippen LogP contribution in [0.15, 0.2) is 42.5 Å². The van der Waals surface area contributed by atoms with Crippen LogP contribution in [0, 0.1) is 6.92 Å². The minimum atomic E-state index is 0.229. The molecular formula is C18H20N2. The van der Waals surface area contributed by atoms with Gasteiger partial charge in [-0.2, -0.15) is 0 Å². The first kappa shape index (κ1) is 12.0. The second kappa shape index (κ2) is 4.35. The smallest absolute Gasteiger partial charge is 0.0449 e. The van der Waals surface area contributed by atoms with Crippen molar-refractivity contribution in [2.45, 2.75) is 31.7 Å². The summed E-state index contributed by atoms with van der Waals surface area (Å²) in [6, 6.07) is 15.6. The Balaban J connectivity index is 1.85. The summed E-state index contributed by atoms with van der Waals surface area (Å²) in [4.78, 5) is 2.46. The molecule has 2 aromatic rings. The molecule has 0 radical (unpaired) electrons. The molecule has 0 amide bonds. The van der Waals surface area contributed by atoms with Gasteiger partial charge in [-0.05, 0) is 60.6 Å². The van der Waals surface area contributed by atoms with Gasteiger partial charge in [0.1, 0.15) is 0 Å². The van der Waals surface area contributed by atoms with E-state index in [0.717, 1.165) is 13.0 Å². The second-order valence-corrected chi connectivity index (χ2v) is 6.10. The van der Waals surface area contributed by atoms with Gasteiger partial charge in [-0.3, -0.25) is 0 Å². The van der Waals surface area contributed by atoms with E-state index in [2.05, 4.69) is 54.3 Å². The van der Waals surface area contributed by atoms with Crippen LogP contribution in [0.1, 0.15) is 41.5 Å². The first-order chi connectivity index (χ1) is 9.74. The highest BCUT2D eigenvalue weighted by Crippen LogP contribution is 2.50. The van der Waals surface area contributed by atoms with E-state index in [9.17, 15) is 0 Å². The number of nitrogens with two attached hydrogens (primary N) is 1. The van der Waals surface area contributed by atoms with Gasteiger partial charge < -0.3 is 10.6 Å². The lowest BCUT2D eigenvalue weighted by atomic mass is 9.91. The highest BCUT2D eigenvalue weighted by atomic mass is 15.1. The number of hydrogen-bond donors (Lipinski definition) is 1. The van der Waals surface area contributed by atoms with Gasteiger partial charge in [0, 0.05) is 24.0 Å². The molecule has 2 N–H and O–H groups in total. The molecular weight excluding hydrogens is 244 g/mol. The zero-order valence-corrected chi connectivity index (χ0v) is 11.8. The minimum absolute atomic E-state index is 0.229. The molecule has 0 fully saturated rings. The predicted octanol–water partition coefficient (Wildman–Crippen LogP) is 4.02. The lowest BCUT2D eigenvalue weighted by Crippen LogP contribution is -2.26. The highest BCUT2D eigenvalue weighted by molar-refractivity contribution is 5.71. The van der Waals surface area contributed by atoms with Crippen molar-refractivity contribution in [2.75, 3.05) is 11.4 Å². The van der Waals surface area contributed by atoms with E-state index in [-0.39, 0.29) is 6.04 Å². The van der Waals surface area contributed by atoms with Crippen LogP contribution in [0.3, 0.4) is 0 Å². The van der Waals surface area contributed by atoms with Crippen LogP contribution in [-0.4, -0.2) is 6.54 Å². The highest BCUT2D eigenvalue weighted by Gasteiger charge is 2.35. The molecule has 2 nitrogen and oxygen atoms in total. The predicted molar refractivity (Wildman–Crippen MR) is 83.5 cm³/mol. The van der Waals surface area contributed by atoms with Crippen molar-refractivity contribution in [1.29, 1.82) is 0 Å². The summed E-state index contributed by atoms with van der Waals surface area (Å²) in [5, 5.41) is 0. The summed E-state index contributed by atoms with van der Waals surface area (Å²) in [5.41, 5.74) is 13.2.